The van der Waals surface area contributed by atoms with Gasteiger partial charge in [0.2, 0.25) is 0 Å². The number of benzene rings is 1. The first kappa shape index (κ1) is 16.9. The molecular weight excluding hydrogens is 255 g/mol. The van der Waals surface area contributed by atoms with Crippen LogP contribution in [0.3, 0.4) is 0 Å². The second-order valence-corrected chi connectivity index (χ2v) is 4.92. The molecule has 1 aromatic rings. The van der Waals surface area contributed by atoms with Gasteiger partial charge in [-0.25, -0.2) is 4.39 Å². The molecule has 0 radical (unpaired) electrons. The van der Waals surface area contributed by atoms with Gasteiger partial charge in [0.15, 0.2) is 0 Å². The topological polar surface area (TPSA) is 35.5 Å². The van der Waals surface area contributed by atoms with Crippen molar-refractivity contribution in [3.8, 4) is 0 Å². The van der Waals surface area contributed by atoms with Gasteiger partial charge in [-0.15, -0.1) is 0 Å². The van der Waals surface area contributed by atoms with E-state index in [0.717, 1.165) is 24.9 Å². The highest BCUT2D eigenvalue weighted by molar-refractivity contribution is 5.55. The van der Waals surface area contributed by atoms with Gasteiger partial charge in [0.1, 0.15) is 5.82 Å². The molecular formula is C16H27FN2O. The molecule has 0 fully saturated rings. The van der Waals surface area contributed by atoms with Crippen LogP contribution in [0.1, 0.15) is 39.2 Å². The molecule has 4 heteroatoms. The summed E-state index contributed by atoms with van der Waals surface area (Å²) in [6.07, 6.45) is 1.87. The number of hydrogen-bond acceptors (Lipinski definition) is 3. The average molecular weight is 282 g/mol. The standard InChI is InChI=1S/C16H27FN2O/c1-4-14(5-2)19(10-11-20)16-13(12-18-6-3)8-7-9-15(16)17/h7-9,14,18,20H,4-6,10-12H2,1-3H3. The summed E-state index contributed by atoms with van der Waals surface area (Å²) in [5.41, 5.74) is 1.59. The Kier molecular flexibility index (Phi) is 7.55. The first-order chi connectivity index (χ1) is 9.69. The molecule has 3 nitrogen and oxygen atoms in total. The Morgan fingerprint density at radius 3 is 2.50 bits per heavy atom. The maximum Gasteiger partial charge on any atom is 0.146 e. The molecule has 20 heavy (non-hydrogen) atoms. The van der Waals surface area contributed by atoms with Gasteiger partial charge in [-0.1, -0.05) is 32.9 Å². The van der Waals surface area contributed by atoms with E-state index < -0.39 is 0 Å². The maximum atomic E-state index is 14.3. The Bertz CT molecular complexity index is 394. The van der Waals surface area contributed by atoms with Crippen LogP contribution >= 0.6 is 0 Å². The van der Waals surface area contributed by atoms with Crippen LogP contribution in [0.5, 0.6) is 0 Å². The molecule has 0 amide bonds. The van der Waals surface area contributed by atoms with Crippen LogP contribution < -0.4 is 10.2 Å². The van der Waals surface area contributed by atoms with E-state index in [9.17, 15) is 9.50 Å². The quantitative estimate of drug-likeness (QED) is 0.731. The van der Waals surface area contributed by atoms with Crippen LogP contribution in [0.2, 0.25) is 0 Å². The molecule has 0 aliphatic heterocycles. The molecule has 0 aromatic heterocycles. The van der Waals surface area contributed by atoms with E-state index in [1.165, 1.54) is 6.07 Å². The molecule has 1 rings (SSSR count). The third-order valence-electron chi connectivity index (χ3n) is 3.65. The van der Waals surface area contributed by atoms with Crippen molar-refractivity contribution < 1.29 is 9.50 Å². The molecule has 114 valence electrons. The first-order valence-corrected chi connectivity index (χ1v) is 7.55. The third-order valence-corrected chi connectivity index (χ3v) is 3.65. The summed E-state index contributed by atoms with van der Waals surface area (Å²) in [6, 6.07) is 5.44. The number of nitrogens with zero attached hydrogens (tertiary/aromatic N) is 1. The van der Waals surface area contributed by atoms with E-state index in [1.807, 2.05) is 17.9 Å². The summed E-state index contributed by atoms with van der Waals surface area (Å²) in [5, 5.41) is 12.6. The van der Waals surface area contributed by atoms with Gasteiger partial charge in [-0.3, -0.25) is 0 Å². The number of aliphatic hydroxyl groups is 1. The fraction of sp³-hybridized carbons (Fsp3) is 0.625. The molecule has 2 N–H and O–H groups in total. The number of anilines is 1. The van der Waals surface area contributed by atoms with E-state index in [1.54, 1.807) is 6.07 Å². The van der Waals surface area contributed by atoms with Gasteiger partial charge in [-0.05, 0) is 31.0 Å². The smallest absolute Gasteiger partial charge is 0.146 e. The average Bonchev–Trinajstić information content (AvgIpc) is 2.45. The van der Waals surface area contributed by atoms with Crippen LogP contribution in [-0.4, -0.2) is 30.8 Å². The van der Waals surface area contributed by atoms with Gasteiger partial charge in [0, 0.05) is 19.1 Å². The molecule has 0 heterocycles. The maximum absolute atomic E-state index is 14.3. The van der Waals surface area contributed by atoms with E-state index in [4.69, 9.17) is 0 Å². The normalized spacial score (nSPS) is 11.1. The minimum atomic E-state index is -0.208. The van der Waals surface area contributed by atoms with E-state index in [-0.39, 0.29) is 18.5 Å². The van der Waals surface area contributed by atoms with Gasteiger partial charge in [-0.2, -0.15) is 0 Å². The van der Waals surface area contributed by atoms with Crippen molar-refractivity contribution >= 4 is 5.69 Å². The molecule has 1 aromatic carbocycles. The van der Waals surface area contributed by atoms with Crippen molar-refractivity contribution in [1.29, 1.82) is 0 Å². The number of aliphatic hydroxyl groups excluding tert-OH is 1. The Labute approximate surface area is 121 Å². The van der Waals surface area contributed by atoms with Gasteiger partial charge in [0.25, 0.3) is 0 Å². The highest BCUT2D eigenvalue weighted by atomic mass is 19.1. The van der Waals surface area contributed by atoms with Crippen molar-refractivity contribution in [2.75, 3.05) is 24.6 Å². The highest BCUT2D eigenvalue weighted by Crippen LogP contribution is 2.28. The van der Waals surface area contributed by atoms with E-state index in [2.05, 4.69) is 19.2 Å². The molecule has 0 unspecified atom stereocenters. The van der Waals surface area contributed by atoms with E-state index >= 15 is 0 Å². The third kappa shape index (κ3) is 4.18. The Morgan fingerprint density at radius 2 is 1.95 bits per heavy atom. The lowest BCUT2D eigenvalue weighted by molar-refractivity contribution is 0.295. The zero-order valence-corrected chi connectivity index (χ0v) is 12.8. The van der Waals surface area contributed by atoms with Crippen LogP contribution in [-0.2, 0) is 6.54 Å². The van der Waals surface area contributed by atoms with Gasteiger partial charge in [0.05, 0.1) is 12.3 Å². The number of para-hydroxylation sites is 1. The lowest BCUT2D eigenvalue weighted by Crippen LogP contribution is -2.38. The van der Waals surface area contributed by atoms with Crippen molar-refractivity contribution in [2.45, 2.75) is 46.2 Å². The van der Waals surface area contributed by atoms with Crippen molar-refractivity contribution in [3.05, 3.63) is 29.6 Å². The van der Waals surface area contributed by atoms with Crippen LogP contribution in [0.4, 0.5) is 10.1 Å². The lowest BCUT2D eigenvalue weighted by Gasteiger charge is -2.34. The second kappa shape index (κ2) is 8.93. The Balaban J connectivity index is 3.16. The summed E-state index contributed by atoms with van der Waals surface area (Å²) in [4.78, 5) is 2.02. The molecule has 0 saturated heterocycles. The predicted octanol–water partition coefficient (Wildman–Crippen LogP) is 2.92. The van der Waals surface area contributed by atoms with Crippen LogP contribution in [0.15, 0.2) is 18.2 Å². The number of halogens is 1. The van der Waals surface area contributed by atoms with Gasteiger partial charge >= 0.3 is 0 Å². The predicted molar refractivity (Wildman–Crippen MR) is 82.6 cm³/mol. The van der Waals surface area contributed by atoms with Crippen molar-refractivity contribution in [1.82, 2.24) is 5.32 Å². The first-order valence-electron chi connectivity index (χ1n) is 7.55. The van der Waals surface area contributed by atoms with Crippen LogP contribution in [0.25, 0.3) is 0 Å². The fourth-order valence-corrected chi connectivity index (χ4v) is 2.60. The number of nitrogens with one attached hydrogen (secondary N) is 1. The minimum absolute atomic E-state index is 0.0332. The van der Waals surface area contributed by atoms with Crippen molar-refractivity contribution in [3.63, 3.8) is 0 Å². The zero-order valence-electron chi connectivity index (χ0n) is 12.8. The molecule has 0 aliphatic carbocycles. The zero-order chi connectivity index (χ0) is 15.0. The minimum Gasteiger partial charge on any atom is -0.395 e. The summed E-state index contributed by atoms with van der Waals surface area (Å²) < 4.78 is 14.3. The SMILES string of the molecule is CCNCc1cccc(F)c1N(CCO)C(CC)CC. The monoisotopic (exact) mass is 282 g/mol. The molecule has 0 spiro atoms. The summed E-state index contributed by atoms with van der Waals surface area (Å²) >= 11 is 0. The number of hydrogen-bond donors (Lipinski definition) is 2. The lowest BCUT2D eigenvalue weighted by atomic mass is 10.1. The van der Waals surface area contributed by atoms with Crippen molar-refractivity contribution in [2.24, 2.45) is 0 Å². The Hall–Kier alpha value is -1.13. The number of rotatable bonds is 9. The van der Waals surface area contributed by atoms with Crippen LogP contribution in [0, 0.1) is 5.82 Å². The summed E-state index contributed by atoms with van der Waals surface area (Å²) in [7, 11) is 0. The fourth-order valence-electron chi connectivity index (χ4n) is 2.60. The van der Waals surface area contributed by atoms with E-state index in [0.29, 0.717) is 18.8 Å². The highest BCUT2D eigenvalue weighted by Gasteiger charge is 2.21. The molecule has 0 bridgehead atoms. The summed E-state index contributed by atoms with van der Waals surface area (Å²) in [5.74, 6) is -0.208. The molecule has 0 atom stereocenters. The summed E-state index contributed by atoms with van der Waals surface area (Å²) in [6.45, 7) is 8.22. The largest absolute Gasteiger partial charge is 0.395 e. The Morgan fingerprint density at radius 1 is 1.25 bits per heavy atom. The van der Waals surface area contributed by atoms with Gasteiger partial charge < -0.3 is 15.3 Å². The molecule has 0 saturated carbocycles. The molecule has 0 aliphatic rings. The second-order valence-electron chi connectivity index (χ2n) is 4.92.